The molecule has 1 aliphatic rings. The second-order valence-corrected chi connectivity index (χ2v) is 9.11. The van der Waals surface area contributed by atoms with Gasteiger partial charge in [0.2, 0.25) is 10.0 Å². The van der Waals surface area contributed by atoms with Gasteiger partial charge in [-0.25, -0.2) is 8.42 Å². The fourth-order valence-electron chi connectivity index (χ4n) is 1.87. The predicted octanol–water partition coefficient (Wildman–Crippen LogP) is 2.96. The van der Waals surface area contributed by atoms with Gasteiger partial charge < -0.3 is 5.32 Å². The Morgan fingerprint density at radius 2 is 2.30 bits per heavy atom. The van der Waals surface area contributed by atoms with Gasteiger partial charge in [0, 0.05) is 30.6 Å². The van der Waals surface area contributed by atoms with E-state index in [1.54, 1.807) is 12.1 Å². The van der Waals surface area contributed by atoms with E-state index in [1.807, 2.05) is 6.92 Å². The number of sulfonamides is 1. The molecule has 4 nitrogen and oxygen atoms in total. The van der Waals surface area contributed by atoms with Gasteiger partial charge in [-0.05, 0) is 34.8 Å². The molecule has 1 aromatic heterocycles. The van der Waals surface area contributed by atoms with Crippen LogP contribution in [-0.2, 0) is 16.6 Å². The lowest BCUT2D eigenvalue weighted by Crippen LogP contribution is -2.30. The summed E-state index contributed by atoms with van der Waals surface area (Å²) >= 11 is 4.86. The SMILES string of the molecule is C=CCN(CC)S(=O)(=O)c1cc(CNC2CC2)sc1Br. The summed E-state index contributed by atoms with van der Waals surface area (Å²) in [7, 11) is -3.45. The molecule has 1 aliphatic carbocycles. The molecule has 7 heteroatoms. The Morgan fingerprint density at radius 1 is 1.60 bits per heavy atom. The van der Waals surface area contributed by atoms with Crippen molar-refractivity contribution in [3.8, 4) is 0 Å². The summed E-state index contributed by atoms with van der Waals surface area (Å²) in [5, 5.41) is 3.40. The van der Waals surface area contributed by atoms with Crippen LogP contribution in [0, 0.1) is 0 Å². The third kappa shape index (κ3) is 3.71. The van der Waals surface area contributed by atoms with Crippen LogP contribution >= 0.6 is 27.3 Å². The number of hydrogen-bond acceptors (Lipinski definition) is 4. The highest BCUT2D eigenvalue weighted by Gasteiger charge is 2.27. The van der Waals surface area contributed by atoms with Gasteiger partial charge in [-0.2, -0.15) is 4.31 Å². The molecule has 0 spiro atoms. The van der Waals surface area contributed by atoms with Gasteiger partial charge in [-0.15, -0.1) is 17.9 Å². The highest BCUT2D eigenvalue weighted by Crippen LogP contribution is 2.34. The largest absolute Gasteiger partial charge is 0.309 e. The van der Waals surface area contributed by atoms with E-state index < -0.39 is 10.0 Å². The van der Waals surface area contributed by atoms with Crippen LogP contribution in [0.2, 0.25) is 0 Å². The van der Waals surface area contributed by atoms with Gasteiger partial charge in [0.1, 0.15) is 4.90 Å². The number of rotatable bonds is 8. The molecular weight excluding hydrogens is 360 g/mol. The quantitative estimate of drug-likeness (QED) is 0.707. The normalized spacial score (nSPS) is 15.8. The smallest absolute Gasteiger partial charge is 0.245 e. The first-order valence-electron chi connectivity index (χ1n) is 6.61. The maximum absolute atomic E-state index is 12.6. The van der Waals surface area contributed by atoms with Crippen molar-refractivity contribution in [3.63, 3.8) is 0 Å². The predicted molar refractivity (Wildman–Crippen MR) is 86.5 cm³/mol. The summed E-state index contributed by atoms with van der Waals surface area (Å²) in [4.78, 5) is 1.40. The number of nitrogens with one attached hydrogen (secondary N) is 1. The molecule has 1 aromatic rings. The molecule has 20 heavy (non-hydrogen) atoms. The first-order chi connectivity index (χ1) is 9.48. The molecule has 0 amide bonds. The van der Waals surface area contributed by atoms with E-state index in [9.17, 15) is 8.42 Å². The average Bonchev–Trinajstić information content (AvgIpc) is 3.15. The molecule has 1 saturated carbocycles. The van der Waals surface area contributed by atoms with Crippen LogP contribution in [0.4, 0.5) is 0 Å². The van der Waals surface area contributed by atoms with Crippen molar-refractivity contribution in [1.29, 1.82) is 0 Å². The zero-order chi connectivity index (χ0) is 14.8. The van der Waals surface area contributed by atoms with Gasteiger partial charge >= 0.3 is 0 Å². The van der Waals surface area contributed by atoms with Crippen LogP contribution in [-0.4, -0.2) is 31.9 Å². The number of hydrogen-bond donors (Lipinski definition) is 1. The molecule has 0 radical (unpaired) electrons. The molecule has 0 bridgehead atoms. The topological polar surface area (TPSA) is 49.4 Å². The molecule has 1 N–H and O–H groups in total. The van der Waals surface area contributed by atoms with Crippen molar-refractivity contribution in [2.24, 2.45) is 0 Å². The number of nitrogens with zero attached hydrogens (tertiary/aromatic N) is 1. The van der Waals surface area contributed by atoms with Gasteiger partial charge in [-0.1, -0.05) is 13.0 Å². The highest BCUT2D eigenvalue weighted by molar-refractivity contribution is 9.11. The molecule has 0 unspecified atom stereocenters. The molecule has 112 valence electrons. The molecule has 1 fully saturated rings. The highest BCUT2D eigenvalue weighted by atomic mass is 79.9. The van der Waals surface area contributed by atoms with E-state index in [2.05, 4.69) is 27.8 Å². The first kappa shape index (κ1) is 16.2. The molecule has 0 aliphatic heterocycles. The Kier molecular flexibility index (Phi) is 5.42. The summed E-state index contributed by atoms with van der Waals surface area (Å²) in [5.74, 6) is 0. The fourth-order valence-corrected chi connectivity index (χ4v) is 5.88. The van der Waals surface area contributed by atoms with Crippen molar-refractivity contribution in [2.75, 3.05) is 13.1 Å². The summed E-state index contributed by atoms with van der Waals surface area (Å²) in [5.41, 5.74) is 0. The van der Waals surface area contributed by atoms with Crippen molar-refractivity contribution in [2.45, 2.75) is 37.2 Å². The summed E-state index contributed by atoms with van der Waals surface area (Å²) < 4.78 is 27.2. The summed E-state index contributed by atoms with van der Waals surface area (Å²) in [6.07, 6.45) is 4.05. The lowest BCUT2D eigenvalue weighted by Gasteiger charge is -2.18. The first-order valence-corrected chi connectivity index (χ1v) is 9.66. The average molecular weight is 379 g/mol. The van der Waals surface area contributed by atoms with Crippen molar-refractivity contribution in [1.82, 2.24) is 9.62 Å². The maximum atomic E-state index is 12.6. The molecule has 2 rings (SSSR count). The third-order valence-electron chi connectivity index (χ3n) is 3.15. The van der Waals surface area contributed by atoms with E-state index in [-0.39, 0.29) is 0 Å². The standard InChI is InChI=1S/C13H19BrN2O2S2/c1-3-7-16(4-2)20(17,18)12-8-11(19-13(12)14)9-15-10-5-6-10/h3,8,10,15H,1,4-7,9H2,2H3. The van der Waals surface area contributed by atoms with Crippen molar-refractivity contribution < 1.29 is 8.42 Å². The minimum absolute atomic E-state index is 0.330. The molecular formula is C13H19BrN2O2S2. The Hall–Kier alpha value is -0.210. The van der Waals surface area contributed by atoms with Crippen LogP contribution in [0.3, 0.4) is 0 Å². The van der Waals surface area contributed by atoms with Gasteiger partial charge in [0.05, 0.1) is 3.79 Å². The van der Waals surface area contributed by atoms with Crippen LogP contribution in [0.1, 0.15) is 24.6 Å². The maximum Gasteiger partial charge on any atom is 0.245 e. The minimum Gasteiger partial charge on any atom is -0.309 e. The van der Waals surface area contributed by atoms with Gasteiger partial charge in [-0.3, -0.25) is 0 Å². The lowest BCUT2D eigenvalue weighted by atomic mass is 10.4. The molecule has 0 atom stereocenters. The summed E-state index contributed by atoms with van der Waals surface area (Å²) in [6.45, 7) is 6.94. The van der Waals surface area contributed by atoms with E-state index in [4.69, 9.17) is 0 Å². The molecule has 0 aromatic carbocycles. The van der Waals surface area contributed by atoms with Gasteiger partial charge in [0.15, 0.2) is 0 Å². The third-order valence-corrected chi connectivity index (χ3v) is 7.34. The zero-order valence-corrected chi connectivity index (χ0v) is 14.7. The van der Waals surface area contributed by atoms with Crippen LogP contribution < -0.4 is 5.32 Å². The summed E-state index contributed by atoms with van der Waals surface area (Å²) in [6, 6.07) is 2.38. The Bertz CT molecular complexity index is 579. The van der Waals surface area contributed by atoms with E-state index in [0.29, 0.717) is 27.8 Å². The van der Waals surface area contributed by atoms with E-state index in [1.165, 1.54) is 28.5 Å². The monoisotopic (exact) mass is 378 g/mol. The van der Waals surface area contributed by atoms with Crippen LogP contribution in [0.25, 0.3) is 0 Å². The Morgan fingerprint density at radius 3 is 2.85 bits per heavy atom. The second kappa shape index (κ2) is 6.70. The van der Waals surface area contributed by atoms with E-state index >= 15 is 0 Å². The van der Waals surface area contributed by atoms with Gasteiger partial charge in [0.25, 0.3) is 0 Å². The minimum atomic E-state index is -3.45. The molecule has 1 heterocycles. The fraction of sp³-hybridized carbons (Fsp3) is 0.538. The molecule has 0 saturated heterocycles. The lowest BCUT2D eigenvalue weighted by molar-refractivity contribution is 0.460. The van der Waals surface area contributed by atoms with Crippen molar-refractivity contribution in [3.05, 3.63) is 27.4 Å². The number of likely N-dealkylation sites (N-methyl/N-ethyl adjacent to an activating group) is 1. The number of halogens is 1. The van der Waals surface area contributed by atoms with E-state index in [0.717, 1.165) is 11.4 Å². The Labute approximate surface area is 133 Å². The zero-order valence-electron chi connectivity index (χ0n) is 11.4. The number of thiophene rings is 1. The second-order valence-electron chi connectivity index (χ2n) is 4.75. The van der Waals surface area contributed by atoms with Crippen molar-refractivity contribution >= 4 is 37.3 Å². The van der Waals surface area contributed by atoms with Crippen LogP contribution in [0.15, 0.2) is 27.4 Å². The Balaban J connectivity index is 2.18. The van der Waals surface area contributed by atoms with Crippen LogP contribution in [0.5, 0.6) is 0 Å².